The molecule has 0 bridgehead atoms. The molecule has 3 rings (SSSR count). The number of carbonyl (C=O) groups is 1. The van der Waals surface area contributed by atoms with E-state index in [1.165, 1.54) is 0 Å². The Bertz CT molecular complexity index is 860. The number of benzene rings is 2. The number of hydrogen-bond donors (Lipinski definition) is 1. The highest BCUT2D eigenvalue weighted by atomic mass is 35.5. The molecule has 0 aliphatic heterocycles. The van der Waals surface area contributed by atoms with Gasteiger partial charge in [-0.3, -0.25) is 4.79 Å². The van der Waals surface area contributed by atoms with Gasteiger partial charge in [-0.2, -0.15) is 4.98 Å². The SMILES string of the molecule is Cc1noc(-c2ccc(C(=O)Nc3ccc(Cl)c(Cl)c3)cc2)n1. The quantitative estimate of drug-likeness (QED) is 0.751. The summed E-state index contributed by atoms with van der Waals surface area (Å²) in [6, 6.07) is 11.8. The van der Waals surface area contributed by atoms with Gasteiger partial charge in [0.1, 0.15) is 0 Å². The van der Waals surface area contributed by atoms with Gasteiger partial charge >= 0.3 is 0 Å². The maximum absolute atomic E-state index is 12.2. The van der Waals surface area contributed by atoms with E-state index in [9.17, 15) is 4.79 Å². The molecule has 0 aliphatic carbocycles. The number of hydrogen-bond acceptors (Lipinski definition) is 4. The first-order valence-corrected chi connectivity index (χ1v) is 7.45. The summed E-state index contributed by atoms with van der Waals surface area (Å²) in [6.07, 6.45) is 0. The number of nitrogens with one attached hydrogen (secondary N) is 1. The first kappa shape index (κ1) is 15.5. The molecule has 1 heterocycles. The number of rotatable bonds is 3. The number of anilines is 1. The third-order valence-electron chi connectivity index (χ3n) is 3.10. The molecule has 2 aromatic carbocycles. The standard InChI is InChI=1S/C16H11Cl2N3O2/c1-9-19-16(23-21-9)11-4-2-10(3-5-11)15(22)20-12-6-7-13(17)14(18)8-12/h2-8H,1H3,(H,20,22). The van der Waals surface area contributed by atoms with Crippen LogP contribution in [0.2, 0.25) is 10.0 Å². The molecule has 5 nitrogen and oxygen atoms in total. The molecule has 0 saturated carbocycles. The summed E-state index contributed by atoms with van der Waals surface area (Å²) in [4.78, 5) is 16.4. The van der Waals surface area contributed by atoms with E-state index in [0.717, 1.165) is 5.56 Å². The van der Waals surface area contributed by atoms with E-state index in [2.05, 4.69) is 15.5 Å². The topological polar surface area (TPSA) is 68.0 Å². The molecule has 23 heavy (non-hydrogen) atoms. The van der Waals surface area contributed by atoms with Crippen LogP contribution >= 0.6 is 23.2 Å². The lowest BCUT2D eigenvalue weighted by Gasteiger charge is -2.06. The maximum Gasteiger partial charge on any atom is 0.257 e. The van der Waals surface area contributed by atoms with E-state index in [1.54, 1.807) is 49.4 Å². The number of carbonyl (C=O) groups excluding carboxylic acids is 1. The molecule has 0 atom stereocenters. The van der Waals surface area contributed by atoms with Crippen LogP contribution < -0.4 is 5.32 Å². The van der Waals surface area contributed by atoms with E-state index < -0.39 is 0 Å². The Morgan fingerprint density at radius 1 is 1.09 bits per heavy atom. The number of halogens is 2. The monoisotopic (exact) mass is 347 g/mol. The molecule has 7 heteroatoms. The zero-order valence-electron chi connectivity index (χ0n) is 12.0. The minimum atomic E-state index is -0.253. The Kier molecular flexibility index (Phi) is 4.32. The van der Waals surface area contributed by atoms with Crippen LogP contribution in [0.5, 0.6) is 0 Å². The smallest absolute Gasteiger partial charge is 0.257 e. The van der Waals surface area contributed by atoms with E-state index in [4.69, 9.17) is 27.7 Å². The Morgan fingerprint density at radius 2 is 1.83 bits per heavy atom. The van der Waals surface area contributed by atoms with Crippen molar-refractivity contribution in [2.75, 3.05) is 5.32 Å². The molecule has 0 saturated heterocycles. The molecule has 116 valence electrons. The van der Waals surface area contributed by atoms with Gasteiger partial charge in [0.15, 0.2) is 5.82 Å². The van der Waals surface area contributed by atoms with Crippen molar-refractivity contribution in [3.63, 3.8) is 0 Å². The van der Waals surface area contributed by atoms with E-state index in [-0.39, 0.29) is 5.91 Å². The molecule has 1 aromatic heterocycles. The molecular formula is C16H11Cl2N3O2. The Morgan fingerprint density at radius 3 is 2.43 bits per heavy atom. The van der Waals surface area contributed by atoms with Crippen molar-refractivity contribution in [2.24, 2.45) is 0 Å². The second-order valence-electron chi connectivity index (χ2n) is 4.81. The molecule has 0 aliphatic rings. The third kappa shape index (κ3) is 3.52. The maximum atomic E-state index is 12.2. The summed E-state index contributed by atoms with van der Waals surface area (Å²) < 4.78 is 5.08. The van der Waals surface area contributed by atoms with Gasteiger partial charge in [0, 0.05) is 16.8 Å². The summed E-state index contributed by atoms with van der Waals surface area (Å²) in [5.74, 6) is 0.719. The van der Waals surface area contributed by atoms with Gasteiger partial charge in [-0.05, 0) is 49.4 Å². The Hall–Kier alpha value is -2.37. The fourth-order valence-electron chi connectivity index (χ4n) is 1.96. The fourth-order valence-corrected chi connectivity index (χ4v) is 2.25. The van der Waals surface area contributed by atoms with Gasteiger partial charge in [0.05, 0.1) is 10.0 Å². The molecular weight excluding hydrogens is 337 g/mol. The highest BCUT2D eigenvalue weighted by Gasteiger charge is 2.10. The van der Waals surface area contributed by atoms with E-state index in [1.807, 2.05) is 0 Å². The van der Waals surface area contributed by atoms with E-state index >= 15 is 0 Å². The lowest BCUT2D eigenvalue weighted by molar-refractivity contribution is 0.102. The fraction of sp³-hybridized carbons (Fsp3) is 0.0625. The van der Waals surface area contributed by atoms with E-state index in [0.29, 0.717) is 33.0 Å². The van der Waals surface area contributed by atoms with Gasteiger partial charge in [0.2, 0.25) is 0 Å². The average Bonchev–Trinajstić information content (AvgIpc) is 2.97. The van der Waals surface area contributed by atoms with Gasteiger partial charge in [-0.15, -0.1) is 0 Å². The van der Waals surface area contributed by atoms with Crippen LogP contribution in [0.25, 0.3) is 11.5 Å². The van der Waals surface area contributed by atoms with Crippen molar-refractivity contribution in [3.05, 3.63) is 63.9 Å². The summed E-state index contributed by atoms with van der Waals surface area (Å²) in [7, 11) is 0. The number of aryl methyl sites for hydroxylation is 1. The summed E-state index contributed by atoms with van der Waals surface area (Å²) in [6.45, 7) is 1.74. The number of nitrogens with zero attached hydrogens (tertiary/aromatic N) is 2. The molecule has 0 unspecified atom stereocenters. The van der Waals surface area contributed by atoms with Crippen LogP contribution in [0.15, 0.2) is 47.0 Å². The minimum Gasteiger partial charge on any atom is -0.334 e. The lowest BCUT2D eigenvalue weighted by Crippen LogP contribution is -2.11. The molecule has 3 aromatic rings. The van der Waals surface area contributed by atoms with Crippen molar-refractivity contribution in [3.8, 4) is 11.5 Å². The van der Waals surface area contributed by atoms with Gasteiger partial charge in [0.25, 0.3) is 11.8 Å². The first-order valence-electron chi connectivity index (χ1n) is 6.70. The summed E-state index contributed by atoms with van der Waals surface area (Å²) >= 11 is 11.8. The molecule has 1 amide bonds. The largest absolute Gasteiger partial charge is 0.334 e. The molecule has 0 spiro atoms. The predicted molar refractivity (Wildman–Crippen MR) is 88.9 cm³/mol. The van der Waals surface area contributed by atoms with Crippen molar-refractivity contribution < 1.29 is 9.32 Å². The zero-order valence-corrected chi connectivity index (χ0v) is 13.5. The normalized spacial score (nSPS) is 10.6. The second-order valence-corrected chi connectivity index (χ2v) is 5.62. The van der Waals surface area contributed by atoms with Crippen LogP contribution in [-0.4, -0.2) is 16.0 Å². The second kappa shape index (κ2) is 6.40. The van der Waals surface area contributed by atoms with Gasteiger partial charge in [-0.25, -0.2) is 0 Å². The Balaban J connectivity index is 1.76. The highest BCUT2D eigenvalue weighted by molar-refractivity contribution is 6.42. The lowest BCUT2D eigenvalue weighted by atomic mass is 10.1. The number of amides is 1. The minimum absolute atomic E-state index is 0.253. The Labute approximate surface area is 142 Å². The average molecular weight is 348 g/mol. The van der Waals surface area contributed by atoms with Crippen LogP contribution in [-0.2, 0) is 0 Å². The number of aromatic nitrogens is 2. The molecule has 0 fully saturated rings. The third-order valence-corrected chi connectivity index (χ3v) is 3.84. The van der Waals surface area contributed by atoms with Crippen LogP contribution in [0.3, 0.4) is 0 Å². The van der Waals surface area contributed by atoms with Crippen molar-refractivity contribution in [2.45, 2.75) is 6.92 Å². The van der Waals surface area contributed by atoms with Crippen molar-refractivity contribution in [1.82, 2.24) is 10.1 Å². The van der Waals surface area contributed by atoms with Gasteiger partial charge in [-0.1, -0.05) is 28.4 Å². The van der Waals surface area contributed by atoms with Crippen molar-refractivity contribution >= 4 is 34.8 Å². The summed E-state index contributed by atoms with van der Waals surface area (Å²) in [5.41, 5.74) is 1.81. The van der Waals surface area contributed by atoms with Gasteiger partial charge < -0.3 is 9.84 Å². The van der Waals surface area contributed by atoms with Crippen LogP contribution in [0, 0.1) is 6.92 Å². The van der Waals surface area contributed by atoms with Crippen molar-refractivity contribution in [1.29, 1.82) is 0 Å². The molecule has 1 N–H and O–H groups in total. The summed E-state index contributed by atoms with van der Waals surface area (Å²) in [5, 5.41) is 7.30. The van der Waals surface area contributed by atoms with Crippen LogP contribution in [0.4, 0.5) is 5.69 Å². The molecule has 0 radical (unpaired) electrons. The predicted octanol–water partition coefficient (Wildman–Crippen LogP) is 4.60. The zero-order chi connectivity index (χ0) is 16.4. The highest BCUT2D eigenvalue weighted by Crippen LogP contribution is 2.25. The van der Waals surface area contributed by atoms with Crippen LogP contribution in [0.1, 0.15) is 16.2 Å². The first-order chi connectivity index (χ1) is 11.0.